The van der Waals surface area contributed by atoms with E-state index < -0.39 is 17.4 Å². The lowest BCUT2D eigenvalue weighted by Gasteiger charge is -2.37. The van der Waals surface area contributed by atoms with Gasteiger partial charge >= 0.3 is 12.0 Å². The van der Waals surface area contributed by atoms with Gasteiger partial charge in [0.1, 0.15) is 0 Å². The van der Waals surface area contributed by atoms with Crippen LogP contribution in [0.1, 0.15) is 26.2 Å². The van der Waals surface area contributed by atoms with Gasteiger partial charge in [0.25, 0.3) is 0 Å². The fourth-order valence-corrected chi connectivity index (χ4v) is 2.08. The molecule has 1 aromatic rings. The Kier molecular flexibility index (Phi) is 3.73. The van der Waals surface area contributed by atoms with Crippen molar-refractivity contribution < 1.29 is 14.7 Å². The van der Waals surface area contributed by atoms with Crippen molar-refractivity contribution in [3.63, 3.8) is 0 Å². The van der Waals surface area contributed by atoms with Crippen molar-refractivity contribution in [2.45, 2.75) is 32.7 Å². The Balaban J connectivity index is 1.83. The van der Waals surface area contributed by atoms with Gasteiger partial charge in [0.15, 0.2) is 5.82 Å². The van der Waals surface area contributed by atoms with E-state index in [1.165, 1.54) is 0 Å². The number of aromatic nitrogens is 2. The number of carbonyl (C=O) groups excluding carboxylic acids is 1. The fourth-order valence-electron chi connectivity index (χ4n) is 2.08. The van der Waals surface area contributed by atoms with E-state index in [4.69, 9.17) is 5.11 Å². The number of anilines is 1. The van der Waals surface area contributed by atoms with Crippen LogP contribution in [0.25, 0.3) is 0 Å². The Morgan fingerprint density at radius 3 is 2.74 bits per heavy atom. The third kappa shape index (κ3) is 2.86. The average Bonchev–Trinajstić information content (AvgIpc) is 2.74. The van der Waals surface area contributed by atoms with Crippen molar-refractivity contribution in [2.75, 3.05) is 11.9 Å². The zero-order chi connectivity index (χ0) is 13.9. The predicted molar refractivity (Wildman–Crippen MR) is 68.8 cm³/mol. The van der Waals surface area contributed by atoms with Crippen LogP contribution in [0, 0.1) is 5.41 Å². The molecule has 0 unspecified atom stereocenters. The average molecular weight is 266 g/mol. The Labute approximate surface area is 111 Å². The van der Waals surface area contributed by atoms with Gasteiger partial charge in [-0.05, 0) is 19.8 Å². The number of carboxylic acids is 1. The van der Waals surface area contributed by atoms with Crippen LogP contribution in [0.3, 0.4) is 0 Å². The summed E-state index contributed by atoms with van der Waals surface area (Å²) in [6, 6.07) is 1.27. The number of aryl methyl sites for hydroxylation is 1. The lowest BCUT2D eigenvalue weighted by Crippen LogP contribution is -2.48. The van der Waals surface area contributed by atoms with Crippen LogP contribution in [0.5, 0.6) is 0 Å². The fraction of sp³-hybridized carbons (Fsp3) is 0.583. The third-order valence-corrected chi connectivity index (χ3v) is 3.56. The van der Waals surface area contributed by atoms with Crippen molar-refractivity contribution in [1.82, 2.24) is 15.1 Å². The number of rotatable bonds is 5. The Hall–Kier alpha value is -2.05. The molecule has 1 aliphatic rings. The molecule has 19 heavy (non-hydrogen) atoms. The van der Waals surface area contributed by atoms with E-state index in [0.717, 1.165) is 13.0 Å². The molecule has 7 heteroatoms. The van der Waals surface area contributed by atoms with Gasteiger partial charge in [0.2, 0.25) is 0 Å². The normalized spacial score (nSPS) is 16.5. The summed E-state index contributed by atoms with van der Waals surface area (Å²) in [5.74, 6) is -0.383. The summed E-state index contributed by atoms with van der Waals surface area (Å²) in [4.78, 5) is 22.8. The minimum absolute atomic E-state index is 0.155. The van der Waals surface area contributed by atoms with Gasteiger partial charge in [0.05, 0.1) is 5.41 Å². The van der Waals surface area contributed by atoms with Crippen LogP contribution in [0.2, 0.25) is 0 Å². The summed E-state index contributed by atoms with van der Waals surface area (Å²) >= 11 is 0. The van der Waals surface area contributed by atoms with Crippen LogP contribution in [0.4, 0.5) is 10.6 Å². The van der Waals surface area contributed by atoms with E-state index in [0.29, 0.717) is 18.7 Å². The molecular formula is C12H18N4O3. The molecule has 0 spiro atoms. The maximum Gasteiger partial charge on any atom is 0.320 e. The molecule has 0 aliphatic heterocycles. The van der Waals surface area contributed by atoms with Crippen LogP contribution in [-0.2, 0) is 11.3 Å². The molecule has 1 fully saturated rings. The molecule has 0 atom stereocenters. The molecule has 0 aromatic carbocycles. The monoisotopic (exact) mass is 266 g/mol. The minimum atomic E-state index is -0.839. The third-order valence-electron chi connectivity index (χ3n) is 3.56. The molecule has 1 aromatic heterocycles. The van der Waals surface area contributed by atoms with E-state index in [2.05, 4.69) is 15.7 Å². The van der Waals surface area contributed by atoms with Gasteiger partial charge in [-0.3, -0.25) is 14.8 Å². The first-order valence-electron chi connectivity index (χ1n) is 6.37. The minimum Gasteiger partial charge on any atom is -0.481 e. The first kappa shape index (κ1) is 13.4. The zero-order valence-electron chi connectivity index (χ0n) is 10.8. The van der Waals surface area contributed by atoms with E-state index in [-0.39, 0.29) is 6.54 Å². The summed E-state index contributed by atoms with van der Waals surface area (Å²) in [6.07, 6.45) is 3.90. The second-order valence-electron chi connectivity index (χ2n) is 4.80. The second-order valence-corrected chi connectivity index (χ2v) is 4.80. The van der Waals surface area contributed by atoms with Crippen molar-refractivity contribution in [1.29, 1.82) is 0 Å². The molecule has 1 heterocycles. The maximum atomic E-state index is 11.7. The number of nitrogens with zero attached hydrogens (tertiary/aromatic N) is 2. The smallest absolute Gasteiger partial charge is 0.320 e. The summed E-state index contributed by atoms with van der Waals surface area (Å²) in [5.41, 5.74) is -0.778. The van der Waals surface area contributed by atoms with Crippen LogP contribution in [0.15, 0.2) is 12.3 Å². The number of urea groups is 1. The van der Waals surface area contributed by atoms with Gasteiger partial charge in [-0.25, -0.2) is 4.79 Å². The standard InChI is InChI=1S/C12H18N4O3/c1-2-16-7-4-9(15-16)14-11(19)13-8-12(10(17)18)5-3-6-12/h4,7H,2-3,5-6,8H2,1H3,(H,17,18)(H2,13,14,15,19). The van der Waals surface area contributed by atoms with Crippen molar-refractivity contribution >= 4 is 17.8 Å². The summed E-state index contributed by atoms with van der Waals surface area (Å²) < 4.78 is 1.69. The Bertz CT molecular complexity index is 479. The Morgan fingerprint density at radius 2 is 2.26 bits per heavy atom. The van der Waals surface area contributed by atoms with Gasteiger partial charge in [-0.2, -0.15) is 5.10 Å². The predicted octanol–water partition coefficient (Wildman–Crippen LogP) is 1.28. The quantitative estimate of drug-likeness (QED) is 0.748. The highest BCUT2D eigenvalue weighted by Crippen LogP contribution is 2.40. The lowest BCUT2D eigenvalue weighted by molar-refractivity contribution is -0.153. The first-order chi connectivity index (χ1) is 9.05. The highest BCUT2D eigenvalue weighted by atomic mass is 16.4. The van der Waals surface area contributed by atoms with Gasteiger partial charge < -0.3 is 10.4 Å². The molecule has 1 aliphatic carbocycles. The van der Waals surface area contributed by atoms with Crippen molar-refractivity contribution in [2.24, 2.45) is 5.41 Å². The lowest BCUT2D eigenvalue weighted by atomic mass is 9.69. The Morgan fingerprint density at radius 1 is 1.53 bits per heavy atom. The summed E-state index contributed by atoms with van der Waals surface area (Å²) in [5, 5.41) is 18.4. The highest BCUT2D eigenvalue weighted by Gasteiger charge is 2.44. The number of nitrogens with one attached hydrogen (secondary N) is 2. The van der Waals surface area contributed by atoms with Crippen molar-refractivity contribution in [3.05, 3.63) is 12.3 Å². The van der Waals surface area contributed by atoms with E-state index in [1.807, 2.05) is 6.92 Å². The molecule has 0 radical (unpaired) electrons. The molecular weight excluding hydrogens is 248 g/mol. The number of aliphatic carboxylic acids is 1. The molecule has 104 valence electrons. The molecule has 0 bridgehead atoms. The molecule has 3 N–H and O–H groups in total. The maximum absolute atomic E-state index is 11.7. The molecule has 1 saturated carbocycles. The van der Waals surface area contributed by atoms with Crippen LogP contribution in [-0.4, -0.2) is 33.4 Å². The van der Waals surface area contributed by atoms with Gasteiger partial charge in [-0.15, -0.1) is 0 Å². The highest BCUT2D eigenvalue weighted by molar-refractivity contribution is 5.88. The number of amides is 2. The molecule has 2 rings (SSSR count). The van der Waals surface area contributed by atoms with Crippen LogP contribution < -0.4 is 10.6 Å². The SMILES string of the molecule is CCn1ccc(NC(=O)NCC2(C(=O)O)CCC2)n1. The number of hydrogen-bond acceptors (Lipinski definition) is 3. The van der Waals surface area contributed by atoms with E-state index in [9.17, 15) is 9.59 Å². The number of carboxylic acid groups (broad SMARTS) is 1. The number of carbonyl (C=O) groups is 2. The molecule has 0 saturated heterocycles. The van der Waals surface area contributed by atoms with Gasteiger partial charge in [0, 0.05) is 25.4 Å². The second kappa shape index (κ2) is 5.29. The van der Waals surface area contributed by atoms with Crippen LogP contribution >= 0.6 is 0 Å². The topological polar surface area (TPSA) is 96.2 Å². The molecule has 2 amide bonds. The zero-order valence-corrected chi connectivity index (χ0v) is 10.8. The van der Waals surface area contributed by atoms with E-state index in [1.54, 1.807) is 16.9 Å². The number of hydrogen-bond donors (Lipinski definition) is 3. The van der Waals surface area contributed by atoms with Gasteiger partial charge in [-0.1, -0.05) is 6.42 Å². The largest absolute Gasteiger partial charge is 0.481 e. The van der Waals surface area contributed by atoms with Crippen molar-refractivity contribution in [3.8, 4) is 0 Å². The summed E-state index contributed by atoms with van der Waals surface area (Å²) in [7, 11) is 0. The molecule has 7 nitrogen and oxygen atoms in total. The first-order valence-corrected chi connectivity index (χ1v) is 6.37. The summed E-state index contributed by atoms with van der Waals surface area (Å²) in [6.45, 7) is 2.83. The van der Waals surface area contributed by atoms with E-state index >= 15 is 0 Å².